The molecule has 1 N–H and O–H groups in total. The first-order chi connectivity index (χ1) is 17.1. The van der Waals surface area contributed by atoms with Gasteiger partial charge < -0.3 is 14.8 Å². The number of carbonyl (C=O) groups excluding carboxylic acids is 3. The molecule has 0 fully saturated rings. The highest BCUT2D eigenvalue weighted by Gasteiger charge is 2.13. The molecule has 176 valence electrons. The van der Waals surface area contributed by atoms with E-state index in [4.69, 9.17) is 9.47 Å². The smallest absolute Gasteiger partial charge is 0.343 e. The Morgan fingerprint density at radius 3 is 2.37 bits per heavy atom. The van der Waals surface area contributed by atoms with E-state index in [9.17, 15) is 14.4 Å². The largest absolute Gasteiger partial charge is 0.461 e. The van der Waals surface area contributed by atoms with Gasteiger partial charge in [-0.15, -0.1) is 11.3 Å². The van der Waals surface area contributed by atoms with Gasteiger partial charge in [-0.05, 0) is 29.8 Å². The highest BCUT2D eigenvalue weighted by Crippen LogP contribution is 2.24. The maximum Gasteiger partial charge on any atom is 0.343 e. The number of aromatic nitrogens is 1. The maximum atomic E-state index is 12.3. The molecule has 1 aromatic heterocycles. The van der Waals surface area contributed by atoms with Gasteiger partial charge in [0.25, 0.3) is 0 Å². The van der Waals surface area contributed by atoms with E-state index >= 15 is 0 Å². The second-order valence-electron chi connectivity index (χ2n) is 7.52. The molecular weight excluding hydrogens is 464 g/mol. The summed E-state index contributed by atoms with van der Waals surface area (Å²) in [6.45, 7) is -0.0141. The Labute approximate surface area is 206 Å². The second-order valence-corrected chi connectivity index (χ2v) is 8.37. The van der Waals surface area contributed by atoms with Crippen molar-refractivity contribution in [2.75, 3.05) is 5.32 Å². The van der Waals surface area contributed by atoms with E-state index in [1.54, 1.807) is 48.5 Å². The molecule has 0 aliphatic carbocycles. The van der Waals surface area contributed by atoms with E-state index in [-0.39, 0.29) is 25.4 Å². The predicted octanol–water partition coefficient (Wildman–Crippen LogP) is 5.49. The highest BCUT2D eigenvalue weighted by atomic mass is 32.1. The normalized spacial score (nSPS) is 10.4. The average molecular weight is 487 g/mol. The van der Waals surface area contributed by atoms with Crippen LogP contribution in [-0.4, -0.2) is 22.8 Å². The number of benzene rings is 3. The summed E-state index contributed by atoms with van der Waals surface area (Å²) in [5, 5.41) is 5.05. The summed E-state index contributed by atoms with van der Waals surface area (Å²) in [6, 6.07) is 25.1. The van der Waals surface area contributed by atoms with Crippen molar-refractivity contribution < 1.29 is 23.9 Å². The zero-order valence-corrected chi connectivity index (χ0v) is 19.5. The number of hydrogen-bond acceptors (Lipinski definition) is 7. The van der Waals surface area contributed by atoms with Crippen molar-refractivity contribution in [3.63, 3.8) is 0 Å². The molecule has 0 radical (unpaired) electrons. The van der Waals surface area contributed by atoms with Crippen molar-refractivity contribution in [2.45, 2.75) is 19.4 Å². The SMILES string of the molecule is O=C(CCC(=O)OCc1cccc(C(=O)Oc2ccccc2)c1)Nc1nc(-c2ccccc2)cs1. The van der Waals surface area contributed by atoms with Crippen LogP contribution in [0.15, 0.2) is 90.3 Å². The molecule has 0 aliphatic rings. The monoisotopic (exact) mass is 486 g/mol. The van der Waals surface area contributed by atoms with Gasteiger partial charge in [-0.3, -0.25) is 9.59 Å². The Kier molecular flexibility index (Phi) is 7.98. The van der Waals surface area contributed by atoms with Crippen LogP contribution in [0.25, 0.3) is 11.3 Å². The number of nitrogens with one attached hydrogen (secondary N) is 1. The van der Waals surface area contributed by atoms with Gasteiger partial charge in [0.1, 0.15) is 12.4 Å². The van der Waals surface area contributed by atoms with Crippen LogP contribution in [0.1, 0.15) is 28.8 Å². The molecule has 0 saturated heterocycles. The minimum Gasteiger partial charge on any atom is -0.461 e. The molecule has 0 spiro atoms. The molecule has 0 saturated carbocycles. The minimum absolute atomic E-state index is 0.0141. The Balaban J connectivity index is 1.21. The molecule has 3 aromatic carbocycles. The molecule has 1 amide bonds. The van der Waals surface area contributed by atoms with Crippen LogP contribution < -0.4 is 10.1 Å². The van der Waals surface area contributed by atoms with Gasteiger partial charge in [0, 0.05) is 17.4 Å². The van der Waals surface area contributed by atoms with Crippen molar-refractivity contribution in [3.05, 3.63) is 101 Å². The van der Waals surface area contributed by atoms with Gasteiger partial charge in [0.15, 0.2) is 5.13 Å². The van der Waals surface area contributed by atoms with Crippen LogP contribution in [0.5, 0.6) is 5.75 Å². The van der Waals surface area contributed by atoms with Crippen molar-refractivity contribution in [2.24, 2.45) is 0 Å². The number of ether oxygens (including phenoxy) is 2. The van der Waals surface area contributed by atoms with Crippen LogP contribution in [0.2, 0.25) is 0 Å². The number of amides is 1. The van der Waals surface area contributed by atoms with Gasteiger partial charge in [-0.25, -0.2) is 9.78 Å². The Hall–Kier alpha value is -4.30. The van der Waals surface area contributed by atoms with Crippen LogP contribution in [-0.2, 0) is 20.9 Å². The van der Waals surface area contributed by atoms with E-state index in [0.29, 0.717) is 22.0 Å². The third-order valence-corrected chi connectivity index (χ3v) is 5.65. The van der Waals surface area contributed by atoms with Gasteiger partial charge in [-0.2, -0.15) is 0 Å². The van der Waals surface area contributed by atoms with E-state index in [1.807, 2.05) is 41.8 Å². The number of hydrogen-bond donors (Lipinski definition) is 1. The van der Waals surface area contributed by atoms with Crippen LogP contribution in [0, 0.1) is 0 Å². The lowest BCUT2D eigenvalue weighted by molar-refractivity contribution is -0.145. The number of rotatable bonds is 9. The third-order valence-electron chi connectivity index (χ3n) is 4.89. The number of esters is 2. The first kappa shape index (κ1) is 23.8. The van der Waals surface area contributed by atoms with Crippen LogP contribution in [0.4, 0.5) is 5.13 Å². The molecular formula is C27H22N2O5S. The quantitative estimate of drug-likeness (QED) is 0.248. The number of nitrogens with zero attached hydrogens (tertiary/aromatic N) is 1. The van der Waals surface area contributed by atoms with Gasteiger partial charge in [0.05, 0.1) is 17.7 Å². The first-order valence-electron chi connectivity index (χ1n) is 10.9. The number of thiazole rings is 1. The zero-order valence-electron chi connectivity index (χ0n) is 18.7. The van der Waals surface area contributed by atoms with Crippen LogP contribution in [0.3, 0.4) is 0 Å². The summed E-state index contributed by atoms with van der Waals surface area (Å²) in [5.74, 6) is -0.886. The summed E-state index contributed by atoms with van der Waals surface area (Å²) in [5.41, 5.74) is 2.73. The van der Waals surface area contributed by atoms with Crippen molar-refractivity contribution >= 4 is 34.3 Å². The third kappa shape index (κ3) is 7.09. The fourth-order valence-corrected chi connectivity index (χ4v) is 3.88. The summed E-state index contributed by atoms with van der Waals surface area (Å²) in [6.07, 6.45) is -0.0962. The lowest BCUT2D eigenvalue weighted by atomic mass is 10.1. The molecule has 0 atom stereocenters. The molecule has 4 rings (SSSR count). The van der Waals surface area contributed by atoms with E-state index in [0.717, 1.165) is 11.3 Å². The van der Waals surface area contributed by atoms with E-state index < -0.39 is 11.9 Å². The lowest BCUT2D eigenvalue weighted by Gasteiger charge is -2.07. The fourth-order valence-electron chi connectivity index (χ4n) is 3.15. The molecule has 7 nitrogen and oxygen atoms in total. The van der Waals surface area contributed by atoms with Crippen molar-refractivity contribution in [1.29, 1.82) is 0 Å². The molecule has 4 aromatic rings. The van der Waals surface area contributed by atoms with Crippen LogP contribution >= 0.6 is 11.3 Å². The molecule has 0 unspecified atom stereocenters. The number of para-hydroxylation sites is 1. The number of carbonyl (C=O) groups is 3. The minimum atomic E-state index is -0.512. The molecule has 0 bridgehead atoms. The Morgan fingerprint density at radius 2 is 1.60 bits per heavy atom. The fraction of sp³-hybridized carbons (Fsp3) is 0.111. The average Bonchev–Trinajstić information content (AvgIpc) is 3.36. The Morgan fingerprint density at radius 1 is 0.857 bits per heavy atom. The molecule has 8 heteroatoms. The summed E-state index contributed by atoms with van der Waals surface area (Å²) < 4.78 is 10.6. The van der Waals surface area contributed by atoms with Gasteiger partial charge >= 0.3 is 11.9 Å². The zero-order chi connectivity index (χ0) is 24.5. The molecule has 1 heterocycles. The summed E-state index contributed by atoms with van der Waals surface area (Å²) >= 11 is 1.32. The van der Waals surface area contributed by atoms with Gasteiger partial charge in [-0.1, -0.05) is 60.7 Å². The van der Waals surface area contributed by atoms with Gasteiger partial charge in [0.2, 0.25) is 5.91 Å². The molecule has 35 heavy (non-hydrogen) atoms. The van der Waals surface area contributed by atoms with E-state index in [2.05, 4.69) is 10.3 Å². The maximum absolute atomic E-state index is 12.3. The number of anilines is 1. The predicted molar refractivity (Wildman–Crippen MR) is 133 cm³/mol. The van der Waals surface area contributed by atoms with Crippen molar-refractivity contribution in [3.8, 4) is 17.0 Å². The lowest BCUT2D eigenvalue weighted by Crippen LogP contribution is -2.14. The molecule has 0 aliphatic heterocycles. The summed E-state index contributed by atoms with van der Waals surface area (Å²) in [4.78, 5) is 41.1. The van der Waals surface area contributed by atoms with Crippen molar-refractivity contribution in [1.82, 2.24) is 4.98 Å². The summed E-state index contributed by atoms with van der Waals surface area (Å²) in [7, 11) is 0. The Bertz CT molecular complexity index is 1310. The standard InChI is InChI=1S/C27H22N2O5S/c30-24(29-27-28-23(18-35-27)20-9-3-1-4-10-20)14-15-25(31)33-17-19-8-7-11-21(16-19)26(32)34-22-12-5-2-6-13-22/h1-13,16,18H,14-15,17H2,(H,28,29,30). The topological polar surface area (TPSA) is 94.6 Å². The highest BCUT2D eigenvalue weighted by molar-refractivity contribution is 7.14. The van der Waals surface area contributed by atoms with E-state index in [1.165, 1.54) is 11.3 Å². The second kappa shape index (κ2) is 11.7. The first-order valence-corrected chi connectivity index (χ1v) is 11.8.